The minimum Gasteiger partial charge on any atom is -0.497 e. The van der Waals surface area contributed by atoms with E-state index >= 15 is 0 Å². The van der Waals surface area contributed by atoms with Crippen LogP contribution in [0, 0.1) is 0 Å². The Bertz CT molecular complexity index is 1150. The Hall–Kier alpha value is -3.91. The molecule has 0 unspecified atom stereocenters. The zero-order chi connectivity index (χ0) is 24.7. The minimum atomic E-state index is -0.429. The lowest BCUT2D eigenvalue weighted by Crippen LogP contribution is -2.50. The molecule has 1 amide bonds. The lowest BCUT2D eigenvalue weighted by Gasteiger charge is -2.40. The SMILES string of the molecule is COc1ccc(N2CCN([C@H](CNC(=O)OCc3ccccc3)c3ccc4c(c3)OCO4)CC2)cc1. The number of carbonyl (C=O) groups is 1. The average Bonchev–Trinajstić information content (AvgIpc) is 3.41. The molecule has 3 aromatic carbocycles. The first-order valence-electron chi connectivity index (χ1n) is 12.2. The summed E-state index contributed by atoms with van der Waals surface area (Å²) >= 11 is 0. The second-order valence-corrected chi connectivity index (χ2v) is 8.79. The van der Waals surface area contributed by atoms with Gasteiger partial charge in [0.05, 0.1) is 13.2 Å². The summed E-state index contributed by atoms with van der Waals surface area (Å²) in [6.07, 6.45) is -0.429. The molecule has 0 bridgehead atoms. The number of anilines is 1. The van der Waals surface area contributed by atoms with Crippen molar-refractivity contribution in [2.75, 3.05) is 51.5 Å². The van der Waals surface area contributed by atoms with Crippen molar-refractivity contribution in [1.29, 1.82) is 0 Å². The molecule has 2 aliphatic rings. The summed E-state index contributed by atoms with van der Waals surface area (Å²) in [7, 11) is 1.68. The Morgan fingerprint density at radius 3 is 2.44 bits per heavy atom. The van der Waals surface area contributed by atoms with Crippen LogP contribution in [0.15, 0.2) is 72.8 Å². The first kappa shape index (κ1) is 23.8. The predicted octanol–water partition coefficient (Wildman–Crippen LogP) is 4.21. The van der Waals surface area contributed by atoms with Gasteiger partial charge in [-0.15, -0.1) is 0 Å². The zero-order valence-electron chi connectivity index (χ0n) is 20.4. The molecule has 5 rings (SSSR count). The molecule has 0 spiro atoms. The van der Waals surface area contributed by atoms with Gasteiger partial charge in [0.1, 0.15) is 12.4 Å². The number of hydrogen-bond donors (Lipinski definition) is 1. The van der Waals surface area contributed by atoms with Crippen molar-refractivity contribution in [3.8, 4) is 17.2 Å². The molecule has 2 aliphatic heterocycles. The first-order chi connectivity index (χ1) is 17.7. The molecule has 3 aromatic rings. The summed E-state index contributed by atoms with van der Waals surface area (Å²) in [6.45, 7) is 4.36. The number of carbonyl (C=O) groups excluding carboxylic acids is 1. The number of piperazine rings is 1. The van der Waals surface area contributed by atoms with E-state index in [9.17, 15) is 4.79 Å². The Kier molecular flexibility index (Phi) is 7.42. The number of ether oxygens (including phenoxy) is 4. The van der Waals surface area contributed by atoms with Gasteiger partial charge in [-0.05, 0) is 47.5 Å². The number of hydrogen-bond acceptors (Lipinski definition) is 7. The molecule has 2 heterocycles. The second-order valence-electron chi connectivity index (χ2n) is 8.79. The van der Waals surface area contributed by atoms with E-state index in [2.05, 4.69) is 27.2 Å². The minimum absolute atomic E-state index is 0.0261. The summed E-state index contributed by atoms with van der Waals surface area (Å²) in [4.78, 5) is 17.3. The number of methoxy groups -OCH3 is 1. The summed E-state index contributed by atoms with van der Waals surface area (Å²) in [6, 6.07) is 23.8. The van der Waals surface area contributed by atoms with E-state index in [0.717, 1.165) is 54.6 Å². The highest BCUT2D eigenvalue weighted by Crippen LogP contribution is 2.36. The molecule has 0 radical (unpaired) electrons. The van der Waals surface area contributed by atoms with Crippen LogP contribution in [0.1, 0.15) is 17.2 Å². The van der Waals surface area contributed by atoms with Gasteiger partial charge in [0.25, 0.3) is 0 Å². The Labute approximate surface area is 211 Å². The molecule has 1 atom stereocenters. The fourth-order valence-electron chi connectivity index (χ4n) is 4.62. The normalized spacial score (nSPS) is 15.9. The summed E-state index contributed by atoms with van der Waals surface area (Å²) in [5.41, 5.74) is 3.20. The Morgan fingerprint density at radius 2 is 1.69 bits per heavy atom. The van der Waals surface area contributed by atoms with Crippen molar-refractivity contribution in [2.45, 2.75) is 12.6 Å². The van der Waals surface area contributed by atoms with Crippen LogP contribution in [0.5, 0.6) is 17.2 Å². The van der Waals surface area contributed by atoms with Crippen LogP contribution in [0.4, 0.5) is 10.5 Å². The molecule has 8 nitrogen and oxygen atoms in total. The van der Waals surface area contributed by atoms with E-state index in [0.29, 0.717) is 6.54 Å². The van der Waals surface area contributed by atoms with Gasteiger partial charge in [0.15, 0.2) is 11.5 Å². The summed E-state index contributed by atoms with van der Waals surface area (Å²) in [5, 5.41) is 2.97. The number of rotatable bonds is 8. The van der Waals surface area contributed by atoms with Crippen LogP contribution in [-0.4, -0.2) is 57.6 Å². The van der Waals surface area contributed by atoms with Gasteiger partial charge in [-0.3, -0.25) is 4.90 Å². The highest BCUT2D eigenvalue weighted by molar-refractivity contribution is 5.67. The van der Waals surface area contributed by atoms with Gasteiger partial charge in [0, 0.05) is 38.4 Å². The fraction of sp³-hybridized carbons (Fsp3) is 0.321. The second kappa shape index (κ2) is 11.2. The van der Waals surface area contributed by atoms with Gasteiger partial charge in [-0.25, -0.2) is 4.79 Å². The average molecular weight is 490 g/mol. The monoisotopic (exact) mass is 489 g/mol. The molecule has 1 saturated heterocycles. The topological polar surface area (TPSA) is 72.5 Å². The van der Waals surface area contributed by atoms with Crippen LogP contribution in [0.2, 0.25) is 0 Å². The van der Waals surface area contributed by atoms with Crippen molar-refractivity contribution in [3.63, 3.8) is 0 Å². The molecule has 0 aliphatic carbocycles. The van der Waals surface area contributed by atoms with E-state index in [1.807, 2.05) is 60.7 Å². The van der Waals surface area contributed by atoms with E-state index in [4.69, 9.17) is 18.9 Å². The Morgan fingerprint density at radius 1 is 0.944 bits per heavy atom. The molecular weight excluding hydrogens is 458 g/mol. The Balaban J connectivity index is 1.24. The van der Waals surface area contributed by atoms with Crippen molar-refractivity contribution < 1.29 is 23.7 Å². The lowest BCUT2D eigenvalue weighted by molar-refractivity contribution is 0.130. The maximum absolute atomic E-state index is 12.5. The van der Waals surface area contributed by atoms with Crippen LogP contribution < -0.4 is 24.4 Å². The molecule has 36 heavy (non-hydrogen) atoms. The predicted molar refractivity (Wildman–Crippen MR) is 137 cm³/mol. The molecular formula is C28H31N3O5. The van der Waals surface area contributed by atoms with Gasteiger partial charge in [-0.1, -0.05) is 36.4 Å². The van der Waals surface area contributed by atoms with Gasteiger partial charge in [-0.2, -0.15) is 0 Å². The molecule has 8 heteroatoms. The summed E-state index contributed by atoms with van der Waals surface area (Å²) in [5.74, 6) is 2.34. The van der Waals surface area contributed by atoms with Crippen molar-refractivity contribution >= 4 is 11.8 Å². The third-order valence-electron chi connectivity index (χ3n) is 6.63. The molecule has 188 valence electrons. The zero-order valence-corrected chi connectivity index (χ0v) is 20.4. The van der Waals surface area contributed by atoms with E-state index in [1.165, 1.54) is 5.69 Å². The van der Waals surface area contributed by atoms with Crippen LogP contribution in [-0.2, 0) is 11.3 Å². The number of nitrogens with one attached hydrogen (secondary N) is 1. The number of nitrogens with zero attached hydrogens (tertiary/aromatic N) is 2. The number of fused-ring (bicyclic) bond motifs is 1. The van der Waals surface area contributed by atoms with Crippen LogP contribution >= 0.6 is 0 Å². The molecule has 1 N–H and O–H groups in total. The van der Waals surface area contributed by atoms with E-state index in [1.54, 1.807) is 7.11 Å². The largest absolute Gasteiger partial charge is 0.497 e. The van der Waals surface area contributed by atoms with Gasteiger partial charge < -0.3 is 29.2 Å². The van der Waals surface area contributed by atoms with Gasteiger partial charge in [0.2, 0.25) is 6.79 Å². The van der Waals surface area contributed by atoms with Crippen molar-refractivity contribution in [3.05, 3.63) is 83.9 Å². The molecule has 0 saturated carbocycles. The molecule has 1 fully saturated rings. The highest BCUT2D eigenvalue weighted by Gasteiger charge is 2.27. The quantitative estimate of drug-likeness (QED) is 0.508. The standard InChI is InChI=1S/C28H31N3O5/c1-33-24-10-8-23(9-11-24)30-13-15-31(16-14-30)25(22-7-12-26-27(17-22)36-20-35-26)18-29-28(32)34-19-21-5-3-2-4-6-21/h2-12,17,25H,13-16,18-20H2,1H3,(H,29,32)/t25-/m1/s1. The third-order valence-corrected chi connectivity index (χ3v) is 6.63. The maximum Gasteiger partial charge on any atom is 0.407 e. The number of benzene rings is 3. The van der Waals surface area contributed by atoms with Gasteiger partial charge >= 0.3 is 6.09 Å². The molecule has 0 aromatic heterocycles. The van der Waals surface area contributed by atoms with E-state index in [-0.39, 0.29) is 19.4 Å². The lowest BCUT2D eigenvalue weighted by atomic mass is 10.0. The van der Waals surface area contributed by atoms with Crippen molar-refractivity contribution in [1.82, 2.24) is 10.2 Å². The first-order valence-corrected chi connectivity index (χ1v) is 12.2. The summed E-state index contributed by atoms with van der Waals surface area (Å²) < 4.78 is 21.8. The maximum atomic E-state index is 12.5. The van der Waals surface area contributed by atoms with Crippen LogP contribution in [0.3, 0.4) is 0 Å². The highest BCUT2D eigenvalue weighted by atomic mass is 16.7. The number of amides is 1. The van der Waals surface area contributed by atoms with Crippen molar-refractivity contribution in [2.24, 2.45) is 0 Å². The van der Waals surface area contributed by atoms with Crippen LogP contribution in [0.25, 0.3) is 0 Å². The smallest absolute Gasteiger partial charge is 0.407 e. The third kappa shape index (κ3) is 5.66. The fourth-order valence-corrected chi connectivity index (χ4v) is 4.62. The van der Waals surface area contributed by atoms with E-state index < -0.39 is 6.09 Å². The number of alkyl carbamates (subject to hydrolysis) is 1.